The number of aliphatic hydroxyl groups is 1. The smallest absolute Gasteiger partial charge is 0.308 e. The molecule has 0 aliphatic carbocycles. The number of nitrogens with zero attached hydrogens (tertiary/aromatic N) is 1. The van der Waals surface area contributed by atoms with E-state index in [2.05, 4.69) is 0 Å². The summed E-state index contributed by atoms with van der Waals surface area (Å²) in [6.07, 6.45) is -0.640. The zero-order chi connectivity index (χ0) is 20.3. The van der Waals surface area contributed by atoms with E-state index in [4.69, 9.17) is 14.2 Å². The van der Waals surface area contributed by atoms with Gasteiger partial charge in [-0.3, -0.25) is 4.79 Å². The normalized spacial score (nSPS) is 29.4. The van der Waals surface area contributed by atoms with Crippen LogP contribution in [0.2, 0.25) is 0 Å². The van der Waals surface area contributed by atoms with Crippen LogP contribution < -0.4 is 0 Å². The fourth-order valence-electron chi connectivity index (χ4n) is 3.81. The number of methoxy groups -OCH3 is 1. The van der Waals surface area contributed by atoms with Crippen LogP contribution in [-0.2, 0) is 29.0 Å². The third-order valence-electron chi connectivity index (χ3n) is 5.24. The van der Waals surface area contributed by atoms with E-state index < -0.39 is 28.3 Å². The average Bonchev–Trinajstić information content (AvgIpc) is 2.65. The van der Waals surface area contributed by atoms with Gasteiger partial charge < -0.3 is 19.3 Å². The van der Waals surface area contributed by atoms with E-state index in [1.807, 2.05) is 0 Å². The minimum Gasteiger partial charge on any atom is -0.469 e. The molecule has 0 bridgehead atoms. The highest BCUT2D eigenvalue weighted by Gasteiger charge is 2.43. The highest BCUT2D eigenvalue weighted by Crippen LogP contribution is 2.32. The minimum atomic E-state index is -3.83. The van der Waals surface area contributed by atoms with Crippen LogP contribution in [0.5, 0.6) is 0 Å². The van der Waals surface area contributed by atoms with Crippen LogP contribution in [0.4, 0.5) is 0 Å². The van der Waals surface area contributed by atoms with Crippen LogP contribution in [0.15, 0.2) is 29.2 Å². The second-order valence-electron chi connectivity index (χ2n) is 7.25. The molecule has 156 valence electrons. The molecule has 0 spiro atoms. The van der Waals surface area contributed by atoms with Gasteiger partial charge in [-0.2, -0.15) is 4.31 Å². The fourth-order valence-corrected chi connectivity index (χ4v) is 5.76. The Hall–Kier alpha value is -1.52. The number of carbonyl (C=O) groups excluding carboxylic acids is 1. The van der Waals surface area contributed by atoms with Crippen molar-refractivity contribution in [2.45, 2.75) is 55.4 Å². The Morgan fingerprint density at radius 3 is 2.75 bits per heavy atom. The maximum absolute atomic E-state index is 13.4. The summed E-state index contributed by atoms with van der Waals surface area (Å²) >= 11 is 0. The number of aliphatic hydroxyl groups excluding tert-OH is 1. The summed E-state index contributed by atoms with van der Waals surface area (Å²) in [5, 5.41) is 10.2. The van der Waals surface area contributed by atoms with Crippen molar-refractivity contribution in [1.29, 1.82) is 0 Å². The van der Waals surface area contributed by atoms with Crippen molar-refractivity contribution in [2.75, 3.05) is 26.9 Å². The predicted octanol–water partition coefficient (Wildman–Crippen LogP) is 0.856. The lowest BCUT2D eigenvalue weighted by molar-refractivity contribution is -0.157. The largest absolute Gasteiger partial charge is 0.469 e. The van der Waals surface area contributed by atoms with E-state index in [0.717, 1.165) is 0 Å². The SMILES string of the molecule is COC(=O)C[C@@H]1CC[C@@H]2[C@H](COC[C@@H](O)CN2S(=O)(=O)c2ccccc2C)O1. The molecule has 2 aliphatic rings. The van der Waals surface area contributed by atoms with Crippen LogP contribution in [0.3, 0.4) is 0 Å². The van der Waals surface area contributed by atoms with Gasteiger partial charge >= 0.3 is 5.97 Å². The Bertz CT molecular complexity index is 797. The van der Waals surface area contributed by atoms with E-state index in [-0.39, 0.29) is 43.1 Å². The van der Waals surface area contributed by atoms with Crippen molar-refractivity contribution >= 4 is 16.0 Å². The average molecular weight is 413 g/mol. The molecule has 3 rings (SSSR count). The van der Waals surface area contributed by atoms with Gasteiger partial charge in [0.25, 0.3) is 0 Å². The first kappa shape index (κ1) is 21.2. The molecule has 4 atom stereocenters. The summed E-state index contributed by atoms with van der Waals surface area (Å²) in [6.45, 7) is 1.85. The molecule has 2 aliphatic heterocycles. The van der Waals surface area contributed by atoms with E-state index >= 15 is 0 Å². The van der Waals surface area contributed by atoms with E-state index in [1.54, 1.807) is 31.2 Å². The van der Waals surface area contributed by atoms with Gasteiger partial charge in [0.15, 0.2) is 0 Å². The molecule has 2 saturated heterocycles. The summed E-state index contributed by atoms with van der Waals surface area (Å²) < 4.78 is 44.4. The van der Waals surface area contributed by atoms with Crippen LogP contribution in [0.25, 0.3) is 0 Å². The van der Waals surface area contributed by atoms with Crippen molar-refractivity contribution in [2.24, 2.45) is 0 Å². The molecular weight excluding hydrogens is 386 g/mol. The first-order chi connectivity index (χ1) is 13.3. The maximum Gasteiger partial charge on any atom is 0.308 e. The highest BCUT2D eigenvalue weighted by atomic mass is 32.2. The number of fused-ring (bicyclic) bond motifs is 1. The van der Waals surface area contributed by atoms with Gasteiger partial charge in [-0.05, 0) is 31.4 Å². The van der Waals surface area contributed by atoms with Crippen molar-refractivity contribution in [3.8, 4) is 0 Å². The van der Waals surface area contributed by atoms with Crippen LogP contribution in [0, 0.1) is 6.92 Å². The van der Waals surface area contributed by atoms with E-state index in [9.17, 15) is 18.3 Å². The number of ether oxygens (including phenoxy) is 3. The number of esters is 1. The summed E-state index contributed by atoms with van der Waals surface area (Å²) in [4.78, 5) is 11.8. The molecule has 2 heterocycles. The number of benzene rings is 1. The molecule has 28 heavy (non-hydrogen) atoms. The molecule has 2 fully saturated rings. The van der Waals surface area contributed by atoms with Gasteiger partial charge in [0, 0.05) is 6.54 Å². The summed E-state index contributed by atoms with van der Waals surface area (Å²) in [5.41, 5.74) is 0.646. The van der Waals surface area contributed by atoms with Gasteiger partial charge in [0.2, 0.25) is 10.0 Å². The number of rotatable bonds is 4. The lowest BCUT2D eigenvalue weighted by atomic mass is 9.96. The molecule has 1 aromatic carbocycles. The predicted molar refractivity (Wildman–Crippen MR) is 100 cm³/mol. The van der Waals surface area contributed by atoms with Crippen molar-refractivity contribution in [3.05, 3.63) is 29.8 Å². The summed E-state index contributed by atoms with van der Waals surface area (Å²) in [5.74, 6) is -0.366. The Balaban J connectivity index is 1.88. The standard InChI is InChI=1S/C19H27NO7S/c1-13-5-3-4-6-18(13)28(23,24)20-10-14(21)11-26-12-17-16(20)8-7-15(27-17)9-19(22)25-2/h3-6,14-17,21H,7-12H2,1-2H3/t14-,15-,16+,17-/m0/s1. The zero-order valence-corrected chi connectivity index (χ0v) is 16.9. The van der Waals surface area contributed by atoms with Gasteiger partial charge in [-0.25, -0.2) is 8.42 Å². The molecule has 0 amide bonds. The second kappa shape index (κ2) is 8.87. The zero-order valence-electron chi connectivity index (χ0n) is 16.1. The van der Waals surface area contributed by atoms with Crippen LogP contribution >= 0.6 is 0 Å². The molecule has 1 N–H and O–H groups in total. The van der Waals surface area contributed by atoms with Gasteiger partial charge in [0.05, 0.1) is 56.0 Å². The lowest BCUT2D eigenvalue weighted by Gasteiger charge is -2.43. The number of β-amino-alcohol motifs (C(OH)–C–C–N with tert-alkyl or cyclic N) is 1. The Morgan fingerprint density at radius 1 is 1.29 bits per heavy atom. The molecule has 0 aromatic heterocycles. The molecule has 0 radical (unpaired) electrons. The number of hydrogen-bond donors (Lipinski definition) is 1. The lowest BCUT2D eigenvalue weighted by Crippen LogP contribution is -2.57. The number of sulfonamides is 1. The van der Waals surface area contributed by atoms with Gasteiger partial charge in [-0.15, -0.1) is 0 Å². The highest BCUT2D eigenvalue weighted by molar-refractivity contribution is 7.89. The fraction of sp³-hybridized carbons (Fsp3) is 0.632. The molecule has 0 unspecified atom stereocenters. The molecule has 1 aromatic rings. The third kappa shape index (κ3) is 4.55. The first-order valence-electron chi connectivity index (χ1n) is 9.38. The Labute approximate surface area is 165 Å². The van der Waals surface area contributed by atoms with Crippen LogP contribution in [-0.4, -0.2) is 75.0 Å². The summed E-state index contributed by atoms with van der Waals surface area (Å²) in [7, 11) is -2.51. The molecular formula is C19H27NO7S. The van der Waals surface area contributed by atoms with E-state index in [1.165, 1.54) is 11.4 Å². The van der Waals surface area contributed by atoms with Crippen LogP contribution in [0.1, 0.15) is 24.8 Å². The quantitative estimate of drug-likeness (QED) is 0.730. The molecule has 0 saturated carbocycles. The third-order valence-corrected chi connectivity index (χ3v) is 7.29. The first-order valence-corrected chi connectivity index (χ1v) is 10.8. The maximum atomic E-state index is 13.4. The Morgan fingerprint density at radius 2 is 2.04 bits per heavy atom. The molecule has 9 heteroatoms. The monoisotopic (exact) mass is 413 g/mol. The molecule has 8 nitrogen and oxygen atoms in total. The second-order valence-corrected chi connectivity index (χ2v) is 9.11. The Kier molecular flexibility index (Phi) is 6.72. The number of aryl methyl sites for hydroxylation is 1. The van der Waals surface area contributed by atoms with E-state index in [0.29, 0.717) is 18.4 Å². The topological polar surface area (TPSA) is 102 Å². The van der Waals surface area contributed by atoms with Crippen molar-refractivity contribution < 1.29 is 32.5 Å². The summed E-state index contributed by atoms with van der Waals surface area (Å²) in [6, 6.07) is 6.32. The number of carbonyl (C=O) groups is 1. The van der Waals surface area contributed by atoms with Crippen molar-refractivity contribution in [1.82, 2.24) is 4.31 Å². The van der Waals surface area contributed by atoms with Gasteiger partial charge in [0.1, 0.15) is 0 Å². The van der Waals surface area contributed by atoms with Crippen molar-refractivity contribution in [3.63, 3.8) is 0 Å². The number of hydrogen-bond acceptors (Lipinski definition) is 7. The van der Waals surface area contributed by atoms with Gasteiger partial charge in [-0.1, -0.05) is 18.2 Å². The minimum absolute atomic E-state index is 0.0219.